The van der Waals surface area contributed by atoms with Crippen molar-refractivity contribution in [1.29, 1.82) is 5.26 Å². The van der Waals surface area contributed by atoms with Gasteiger partial charge in [-0.05, 0) is 43.4 Å². The number of hydrogen-bond acceptors (Lipinski definition) is 2. The lowest BCUT2D eigenvalue weighted by Gasteiger charge is -2.08. The predicted molar refractivity (Wildman–Crippen MR) is 81.3 cm³/mol. The molecule has 0 atom stereocenters. The Morgan fingerprint density at radius 1 is 1.35 bits per heavy atom. The maximum Gasteiger partial charge on any atom is 0.150 e. The Kier molecular flexibility index (Phi) is 4.15. The van der Waals surface area contributed by atoms with Gasteiger partial charge in [0.15, 0.2) is 5.15 Å². The Morgan fingerprint density at radius 3 is 2.65 bits per heavy atom. The summed E-state index contributed by atoms with van der Waals surface area (Å²) in [5, 5.41) is 14.3. The number of hydrogen-bond donors (Lipinski definition) is 0. The van der Waals surface area contributed by atoms with E-state index in [1.165, 1.54) is 0 Å². The standard InChI is InChI=1S/C16H18ClN3/c1-10(2)7-14-13(9-18)16(17)20(19-14)15-8-11(3)5-6-12(15)4/h5-6,8,10H,7H2,1-4H3. The average Bonchev–Trinajstić information content (AvgIpc) is 2.68. The normalized spacial score (nSPS) is 10.8. The number of nitriles is 1. The zero-order valence-electron chi connectivity index (χ0n) is 12.2. The second kappa shape index (κ2) is 5.68. The van der Waals surface area contributed by atoms with Crippen LogP contribution in [0.3, 0.4) is 0 Å². The highest BCUT2D eigenvalue weighted by atomic mass is 35.5. The highest BCUT2D eigenvalue weighted by Gasteiger charge is 2.18. The Balaban J connectivity index is 2.61. The van der Waals surface area contributed by atoms with E-state index in [0.717, 1.165) is 28.9 Å². The molecule has 0 saturated carbocycles. The van der Waals surface area contributed by atoms with Gasteiger partial charge >= 0.3 is 0 Å². The molecule has 0 aliphatic carbocycles. The Labute approximate surface area is 124 Å². The Morgan fingerprint density at radius 2 is 2.05 bits per heavy atom. The van der Waals surface area contributed by atoms with E-state index in [4.69, 9.17) is 11.6 Å². The van der Waals surface area contributed by atoms with Gasteiger partial charge in [-0.25, -0.2) is 4.68 Å². The van der Waals surface area contributed by atoms with Gasteiger partial charge in [0.05, 0.1) is 11.4 Å². The highest BCUT2D eigenvalue weighted by Crippen LogP contribution is 2.26. The molecule has 0 N–H and O–H groups in total. The van der Waals surface area contributed by atoms with Crippen molar-refractivity contribution in [3.8, 4) is 11.8 Å². The van der Waals surface area contributed by atoms with Gasteiger partial charge < -0.3 is 0 Å². The molecule has 2 rings (SSSR count). The van der Waals surface area contributed by atoms with Crippen LogP contribution in [0.15, 0.2) is 18.2 Å². The van der Waals surface area contributed by atoms with Crippen molar-refractivity contribution in [2.24, 2.45) is 5.92 Å². The molecule has 0 aliphatic heterocycles. The van der Waals surface area contributed by atoms with Gasteiger partial charge in [0.2, 0.25) is 0 Å². The fourth-order valence-electron chi connectivity index (χ4n) is 2.19. The van der Waals surface area contributed by atoms with Gasteiger partial charge in [-0.3, -0.25) is 0 Å². The number of nitrogens with zero attached hydrogens (tertiary/aromatic N) is 3. The van der Waals surface area contributed by atoms with Crippen LogP contribution in [0, 0.1) is 31.1 Å². The fraction of sp³-hybridized carbons (Fsp3) is 0.375. The number of aryl methyl sites for hydroxylation is 2. The van der Waals surface area contributed by atoms with Crippen molar-refractivity contribution in [2.45, 2.75) is 34.1 Å². The molecular weight excluding hydrogens is 270 g/mol. The molecule has 0 radical (unpaired) electrons. The van der Waals surface area contributed by atoms with Crippen molar-refractivity contribution >= 4 is 11.6 Å². The summed E-state index contributed by atoms with van der Waals surface area (Å²) in [7, 11) is 0. The van der Waals surface area contributed by atoms with Crippen molar-refractivity contribution in [2.75, 3.05) is 0 Å². The zero-order chi connectivity index (χ0) is 14.9. The van der Waals surface area contributed by atoms with Gasteiger partial charge in [0, 0.05) is 0 Å². The molecule has 1 aromatic heterocycles. The maximum atomic E-state index is 9.31. The third-order valence-electron chi connectivity index (χ3n) is 3.21. The van der Waals surface area contributed by atoms with E-state index in [1.54, 1.807) is 4.68 Å². The molecule has 0 amide bonds. The minimum atomic E-state index is 0.400. The largest absolute Gasteiger partial charge is 0.220 e. The molecule has 20 heavy (non-hydrogen) atoms. The van der Waals surface area contributed by atoms with E-state index in [-0.39, 0.29) is 0 Å². The van der Waals surface area contributed by atoms with Gasteiger partial charge in [-0.2, -0.15) is 10.4 Å². The number of aromatic nitrogens is 2. The third kappa shape index (κ3) is 2.71. The van der Waals surface area contributed by atoms with Crippen molar-refractivity contribution in [1.82, 2.24) is 9.78 Å². The van der Waals surface area contributed by atoms with Crippen molar-refractivity contribution < 1.29 is 0 Å². The molecular formula is C16H18ClN3. The average molecular weight is 288 g/mol. The van der Waals surface area contributed by atoms with Crippen LogP contribution in [0.2, 0.25) is 5.15 Å². The first kappa shape index (κ1) is 14.6. The molecule has 0 bridgehead atoms. The Hall–Kier alpha value is -1.79. The summed E-state index contributed by atoms with van der Waals surface area (Å²) >= 11 is 6.35. The fourth-order valence-corrected chi connectivity index (χ4v) is 2.47. The topological polar surface area (TPSA) is 41.6 Å². The van der Waals surface area contributed by atoms with Crippen LogP contribution in [0.5, 0.6) is 0 Å². The molecule has 1 aromatic carbocycles. The summed E-state index contributed by atoms with van der Waals surface area (Å²) in [5.74, 6) is 0.431. The molecule has 0 saturated heterocycles. The summed E-state index contributed by atoms with van der Waals surface area (Å²) in [6.45, 7) is 8.25. The summed E-state index contributed by atoms with van der Waals surface area (Å²) in [6, 6.07) is 8.30. The molecule has 3 nitrogen and oxygen atoms in total. The van der Waals surface area contributed by atoms with Gasteiger partial charge in [-0.15, -0.1) is 0 Å². The number of rotatable bonds is 3. The maximum absolute atomic E-state index is 9.31. The van der Waals surface area contributed by atoms with Gasteiger partial charge in [-0.1, -0.05) is 37.6 Å². The minimum Gasteiger partial charge on any atom is -0.220 e. The quantitative estimate of drug-likeness (QED) is 0.848. The van der Waals surface area contributed by atoms with E-state index in [1.807, 2.05) is 26.0 Å². The molecule has 104 valence electrons. The van der Waals surface area contributed by atoms with Crippen molar-refractivity contribution in [3.05, 3.63) is 45.7 Å². The molecule has 2 aromatic rings. The van der Waals surface area contributed by atoms with Gasteiger partial charge in [0.25, 0.3) is 0 Å². The second-order valence-electron chi connectivity index (χ2n) is 5.52. The lowest BCUT2D eigenvalue weighted by molar-refractivity contribution is 0.627. The third-order valence-corrected chi connectivity index (χ3v) is 3.56. The highest BCUT2D eigenvalue weighted by molar-refractivity contribution is 6.31. The summed E-state index contributed by atoms with van der Waals surface area (Å²) in [6.07, 6.45) is 0.750. The SMILES string of the molecule is Cc1ccc(C)c(-n2nc(CC(C)C)c(C#N)c2Cl)c1. The molecule has 0 fully saturated rings. The van der Waals surface area contributed by atoms with E-state index in [2.05, 4.69) is 31.1 Å². The van der Waals surface area contributed by atoms with E-state index in [0.29, 0.717) is 16.6 Å². The van der Waals surface area contributed by atoms with E-state index < -0.39 is 0 Å². The first-order valence-electron chi connectivity index (χ1n) is 6.69. The summed E-state index contributed by atoms with van der Waals surface area (Å²) < 4.78 is 1.68. The lowest BCUT2D eigenvalue weighted by Crippen LogP contribution is -2.02. The predicted octanol–water partition coefficient (Wildman–Crippen LogP) is 4.21. The van der Waals surface area contributed by atoms with Crippen LogP contribution >= 0.6 is 11.6 Å². The van der Waals surface area contributed by atoms with Crippen LogP contribution in [0.4, 0.5) is 0 Å². The van der Waals surface area contributed by atoms with Crippen LogP contribution in [0.25, 0.3) is 5.69 Å². The number of benzene rings is 1. The lowest BCUT2D eigenvalue weighted by atomic mass is 10.1. The van der Waals surface area contributed by atoms with Crippen LogP contribution in [-0.4, -0.2) is 9.78 Å². The molecule has 0 unspecified atom stereocenters. The van der Waals surface area contributed by atoms with Crippen LogP contribution < -0.4 is 0 Å². The smallest absolute Gasteiger partial charge is 0.150 e. The zero-order valence-corrected chi connectivity index (χ0v) is 13.0. The molecule has 1 heterocycles. The van der Waals surface area contributed by atoms with Crippen molar-refractivity contribution in [3.63, 3.8) is 0 Å². The van der Waals surface area contributed by atoms with E-state index >= 15 is 0 Å². The summed E-state index contributed by atoms with van der Waals surface area (Å²) in [4.78, 5) is 0. The van der Waals surface area contributed by atoms with Gasteiger partial charge in [0.1, 0.15) is 11.6 Å². The second-order valence-corrected chi connectivity index (χ2v) is 5.88. The molecule has 0 aliphatic rings. The molecule has 0 spiro atoms. The summed E-state index contributed by atoms with van der Waals surface area (Å²) in [5.41, 5.74) is 4.41. The first-order valence-corrected chi connectivity index (χ1v) is 7.07. The van der Waals surface area contributed by atoms with E-state index in [9.17, 15) is 5.26 Å². The number of halogens is 1. The van der Waals surface area contributed by atoms with Crippen LogP contribution in [0.1, 0.15) is 36.2 Å². The minimum absolute atomic E-state index is 0.400. The molecule has 4 heteroatoms. The van der Waals surface area contributed by atoms with Crippen LogP contribution in [-0.2, 0) is 6.42 Å². The Bertz CT molecular complexity index is 678. The first-order chi connectivity index (χ1) is 9.43. The monoisotopic (exact) mass is 287 g/mol.